The Labute approximate surface area is 113 Å². The zero-order valence-electron chi connectivity index (χ0n) is 11.2. The van der Waals surface area contributed by atoms with E-state index in [1.165, 1.54) is 25.6 Å². The SMILES string of the molecule is CCC1(CC)CCN(c2ncnc(Cl)c2OC)C1. The van der Waals surface area contributed by atoms with Crippen molar-refractivity contribution in [3.05, 3.63) is 11.5 Å². The second-order valence-corrected chi connectivity index (χ2v) is 5.26. The summed E-state index contributed by atoms with van der Waals surface area (Å²) in [4.78, 5) is 10.6. The van der Waals surface area contributed by atoms with Crippen LogP contribution in [0.2, 0.25) is 5.15 Å². The van der Waals surface area contributed by atoms with E-state index in [-0.39, 0.29) is 0 Å². The molecule has 0 N–H and O–H groups in total. The van der Waals surface area contributed by atoms with Crippen LogP contribution < -0.4 is 9.64 Å². The molecular formula is C13H20ClN3O. The summed E-state index contributed by atoms with van der Waals surface area (Å²) in [5.74, 6) is 1.41. The number of nitrogens with zero attached hydrogens (tertiary/aromatic N) is 3. The molecule has 0 unspecified atom stereocenters. The number of rotatable bonds is 4. The van der Waals surface area contributed by atoms with Crippen molar-refractivity contribution in [2.75, 3.05) is 25.1 Å². The highest BCUT2D eigenvalue weighted by Crippen LogP contribution is 2.41. The number of hydrogen-bond acceptors (Lipinski definition) is 4. The predicted octanol–water partition coefficient (Wildman–Crippen LogP) is 3.16. The Balaban J connectivity index is 2.27. The van der Waals surface area contributed by atoms with Gasteiger partial charge in [-0.3, -0.25) is 0 Å². The van der Waals surface area contributed by atoms with Crippen LogP contribution in [0, 0.1) is 5.41 Å². The van der Waals surface area contributed by atoms with Gasteiger partial charge in [0, 0.05) is 13.1 Å². The average molecular weight is 270 g/mol. The Bertz CT molecular complexity index is 421. The summed E-state index contributed by atoms with van der Waals surface area (Å²) in [5, 5.41) is 0.382. The van der Waals surface area contributed by atoms with Gasteiger partial charge in [-0.2, -0.15) is 0 Å². The molecule has 0 bridgehead atoms. The molecule has 0 saturated carbocycles. The molecule has 1 saturated heterocycles. The second-order valence-electron chi connectivity index (χ2n) is 4.90. The molecular weight excluding hydrogens is 250 g/mol. The first-order chi connectivity index (χ1) is 8.65. The van der Waals surface area contributed by atoms with E-state index in [9.17, 15) is 0 Å². The summed E-state index contributed by atoms with van der Waals surface area (Å²) < 4.78 is 5.33. The fraction of sp³-hybridized carbons (Fsp3) is 0.692. The highest BCUT2D eigenvalue weighted by molar-refractivity contribution is 6.31. The maximum Gasteiger partial charge on any atom is 0.199 e. The molecule has 4 nitrogen and oxygen atoms in total. The van der Waals surface area contributed by atoms with Gasteiger partial charge in [-0.1, -0.05) is 25.4 Å². The number of ether oxygens (including phenoxy) is 1. The first-order valence-electron chi connectivity index (χ1n) is 6.45. The van der Waals surface area contributed by atoms with Gasteiger partial charge in [-0.05, 0) is 24.7 Å². The van der Waals surface area contributed by atoms with Crippen molar-refractivity contribution in [1.82, 2.24) is 9.97 Å². The molecule has 1 aromatic rings. The first-order valence-corrected chi connectivity index (χ1v) is 6.83. The lowest BCUT2D eigenvalue weighted by atomic mass is 9.82. The molecule has 0 aromatic carbocycles. The molecule has 0 atom stereocenters. The highest BCUT2D eigenvalue weighted by atomic mass is 35.5. The second kappa shape index (κ2) is 5.31. The van der Waals surface area contributed by atoms with Gasteiger partial charge < -0.3 is 9.64 Å². The standard InChI is InChI=1S/C13H20ClN3O/c1-4-13(5-2)6-7-17(8-13)12-10(18-3)11(14)15-9-16-12/h9H,4-8H2,1-3H3. The van der Waals surface area contributed by atoms with E-state index in [1.807, 2.05) is 0 Å². The molecule has 0 amide bonds. The molecule has 2 rings (SSSR count). The van der Waals surface area contributed by atoms with Crippen molar-refractivity contribution in [3.63, 3.8) is 0 Å². The molecule has 2 heterocycles. The van der Waals surface area contributed by atoms with E-state index in [1.54, 1.807) is 7.11 Å². The van der Waals surface area contributed by atoms with E-state index < -0.39 is 0 Å². The van der Waals surface area contributed by atoms with Crippen LogP contribution in [0.15, 0.2) is 6.33 Å². The van der Waals surface area contributed by atoms with Crippen LogP contribution in [0.25, 0.3) is 0 Å². The number of methoxy groups -OCH3 is 1. The summed E-state index contributed by atoms with van der Waals surface area (Å²) >= 11 is 6.04. The van der Waals surface area contributed by atoms with E-state index >= 15 is 0 Å². The van der Waals surface area contributed by atoms with E-state index in [0.717, 1.165) is 18.9 Å². The largest absolute Gasteiger partial charge is 0.490 e. The zero-order chi connectivity index (χ0) is 13.2. The molecule has 5 heteroatoms. The predicted molar refractivity (Wildman–Crippen MR) is 73.4 cm³/mol. The lowest BCUT2D eigenvalue weighted by molar-refractivity contribution is 0.301. The Morgan fingerprint density at radius 3 is 2.67 bits per heavy atom. The molecule has 18 heavy (non-hydrogen) atoms. The molecule has 1 fully saturated rings. The summed E-state index contributed by atoms with van der Waals surface area (Å²) in [6.45, 7) is 6.55. The monoisotopic (exact) mass is 269 g/mol. The summed E-state index contributed by atoms with van der Waals surface area (Å²) in [7, 11) is 1.61. The normalized spacial score (nSPS) is 18.1. The van der Waals surface area contributed by atoms with Gasteiger partial charge in [-0.25, -0.2) is 9.97 Å². The summed E-state index contributed by atoms with van der Waals surface area (Å²) in [6, 6.07) is 0. The average Bonchev–Trinajstić information content (AvgIpc) is 2.83. The van der Waals surface area contributed by atoms with Crippen molar-refractivity contribution in [2.24, 2.45) is 5.41 Å². The Hall–Kier alpha value is -1.03. The van der Waals surface area contributed by atoms with Crippen LogP contribution in [0.1, 0.15) is 33.1 Å². The molecule has 1 aliphatic rings. The summed E-state index contributed by atoms with van der Waals surface area (Å²) in [6.07, 6.45) is 5.09. The maximum absolute atomic E-state index is 6.04. The van der Waals surface area contributed by atoms with Gasteiger partial charge in [-0.15, -0.1) is 0 Å². The van der Waals surface area contributed by atoms with Crippen LogP contribution >= 0.6 is 11.6 Å². The van der Waals surface area contributed by atoms with Crippen molar-refractivity contribution >= 4 is 17.4 Å². The molecule has 0 spiro atoms. The molecule has 0 aliphatic carbocycles. The third-order valence-electron chi connectivity index (χ3n) is 4.18. The Morgan fingerprint density at radius 1 is 1.39 bits per heavy atom. The molecule has 1 aliphatic heterocycles. The van der Waals surface area contributed by atoms with E-state index in [2.05, 4.69) is 28.7 Å². The lowest BCUT2D eigenvalue weighted by Gasteiger charge is -2.27. The fourth-order valence-corrected chi connectivity index (χ4v) is 2.89. The lowest BCUT2D eigenvalue weighted by Crippen LogP contribution is -2.27. The van der Waals surface area contributed by atoms with Gasteiger partial charge in [0.1, 0.15) is 6.33 Å². The third-order valence-corrected chi connectivity index (χ3v) is 4.45. The smallest absolute Gasteiger partial charge is 0.199 e. The maximum atomic E-state index is 6.04. The summed E-state index contributed by atoms with van der Waals surface area (Å²) in [5.41, 5.74) is 0.405. The van der Waals surface area contributed by atoms with Gasteiger partial charge in [0.25, 0.3) is 0 Å². The van der Waals surface area contributed by atoms with Crippen LogP contribution in [0.4, 0.5) is 5.82 Å². The minimum atomic E-state index is 0.382. The fourth-order valence-electron chi connectivity index (χ4n) is 2.69. The topological polar surface area (TPSA) is 38.2 Å². The van der Waals surface area contributed by atoms with Crippen LogP contribution in [0.3, 0.4) is 0 Å². The highest BCUT2D eigenvalue weighted by Gasteiger charge is 2.36. The van der Waals surface area contributed by atoms with Crippen molar-refractivity contribution in [2.45, 2.75) is 33.1 Å². The van der Waals surface area contributed by atoms with Crippen LogP contribution in [-0.2, 0) is 0 Å². The molecule has 0 radical (unpaired) electrons. The van der Waals surface area contributed by atoms with E-state index in [0.29, 0.717) is 16.3 Å². The van der Waals surface area contributed by atoms with Crippen molar-refractivity contribution in [1.29, 1.82) is 0 Å². The van der Waals surface area contributed by atoms with Gasteiger partial charge in [0.05, 0.1) is 7.11 Å². The van der Waals surface area contributed by atoms with Gasteiger partial charge >= 0.3 is 0 Å². The number of hydrogen-bond donors (Lipinski definition) is 0. The minimum Gasteiger partial charge on any atom is -0.490 e. The Morgan fingerprint density at radius 2 is 2.11 bits per heavy atom. The third kappa shape index (κ3) is 2.26. The molecule has 100 valence electrons. The van der Waals surface area contributed by atoms with Crippen LogP contribution in [0.5, 0.6) is 5.75 Å². The van der Waals surface area contributed by atoms with E-state index in [4.69, 9.17) is 16.3 Å². The number of halogens is 1. The van der Waals surface area contributed by atoms with Gasteiger partial charge in [0.15, 0.2) is 16.7 Å². The minimum absolute atomic E-state index is 0.382. The van der Waals surface area contributed by atoms with Crippen LogP contribution in [-0.4, -0.2) is 30.2 Å². The van der Waals surface area contributed by atoms with Crippen molar-refractivity contribution in [3.8, 4) is 5.75 Å². The molecule has 1 aromatic heterocycles. The quantitative estimate of drug-likeness (QED) is 0.787. The first kappa shape index (κ1) is 13.4. The van der Waals surface area contributed by atoms with Gasteiger partial charge in [0.2, 0.25) is 0 Å². The Kier molecular flexibility index (Phi) is 3.95. The number of anilines is 1. The number of aromatic nitrogens is 2. The van der Waals surface area contributed by atoms with Crippen molar-refractivity contribution < 1.29 is 4.74 Å². The zero-order valence-corrected chi connectivity index (χ0v) is 12.0.